The van der Waals surface area contributed by atoms with Crippen LogP contribution in [0.2, 0.25) is 0 Å². The highest BCUT2D eigenvalue weighted by atomic mass is 79.9. The molecule has 1 aliphatic rings. The fourth-order valence-corrected chi connectivity index (χ4v) is 4.44. The average molecular weight is 480 g/mol. The van der Waals surface area contributed by atoms with Crippen LogP contribution in [0.5, 0.6) is 11.5 Å². The number of ether oxygens (including phenoxy) is 1. The van der Waals surface area contributed by atoms with Crippen molar-refractivity contribution in [3.05, 3.63) is 22.2 Å². The van der Waals surface area contributed by atoms with Crippen LogP contribution in [-0.4, -0.2) is 43.3 Å². The number of nitrogens with zero attached hydrogens (tertiary/aromatic N) is 2. The molecule has 0 saturated heterocycles. The van der Waals surface area contributed by atoms with Crippen LogP contribution < -0.4 is 14.2 Å². The zero-order valence-corrected chi connectivity index (χ0v) is 18.2. The van der Waals surface area contributed by atoms with Gasteiger partial charge in [-0.15, -0.1) is 5.10 Å². The van der Waals surface area contributed by atoms with Crippen molar-refractivity contribution in [1.29, 1.82) is 0 Å². The van der Waals surface area contributed by atoms with E-state index in [1.54, 1.807) is 19.1 Å². The number of rotatable bonds is 5. The molecule has 0 aromatic heterocycles. The predicted octanol–water partition coefficient (Wildman–Crippen LogP) is 2.19. The van der Waals surface area contributed by atoms with Crippen LogP contribution in [0.1, 0.15) is 31.7 Å². The van der Waals surface area contributed by atoms with Gasteiger partial charge in [0.05, 0.1) is 17.3 Å². The van der Waals surface area contributed by atoms with Gasteiger partial charge in [0.2, 0.25) is 11.8 Å². The number of hydrogen-bond acceptors (Lipinski definition) is 8. The molecule has 1 aliphatic heterocycles. The van der Waals surface area contributed by atoms with E-state index >= 15 is 0 Å². The molecule has 0 aliphatic carbocycles. The third-order valence-corrected chi connectivity index (χ3v) is 5.26. The van der Waals surface area contributed by atoms with E-state index in [4.69, 9.17) is 8.92 Å². The number of amidine groups is 1. The van der Waals surface area contributed by atoms with Gasteiger partial charge in [0.1, 0.15) is 5.37 Å². The number of nitrogens with one attached hydrogen (secondary N) is 1. The van der Waals surface area contributed by atoms with Crippen LogP contribution in [0.4, 0.5) is 0 Å². The minimum atomic E-state index is -3.77. The third-order valence-electron chi connectivity index (χ3n) is 3.10. The monoisotopic (exact) mass is 479 g/mol. The summed E-state index contributed by atoms with van der Waals surface area (Å²) in [6.45, 7) is 4.72. The maximum atomic E-state index is 12.0. The minimum absolute atomic E-state index is 0.0171. The predicted molar refractivity (Wildman–Crippen MR) is 105 cm³/mol. The van der Waals surface area contributed by atoms with Crippen LogP contribution in [-0.2, 0) is 19.7 Å². The van der Waals surface area contributed by atoms with Crippen molar-refractivity contribution in [2.24, 2.45) is 5.10 Å². The molecule has 1 aromatic carbocycles. The fourth-order valence-electron chi connectivity index (χ4n) is 2.21. The topological polar surface area (TPSA) is 114 Å². The Kier molecular flexibility index (Phi) is 6.76. The smallest absolute Gasteiger partial charge is 0.306 e. The maximum Gasteiger partial charge on any atom is 0.306 e. The summed E-state index contributed by atoms with van der Waals surface area (Å²) < 4.78 is 33.9. The highest BCUT2D eigenvalue weighted by molar-refractivity contribution is 9.10. The van der Waals surface area contributed by atoms with Gasteiger partial charge in [-0.25, -0.2) is 5.01 Å². The Morgan fingerprint density at radius 3 is 2.56 bits per heavy atom. The van der Waals surface area contributed by atoms with Gasteiger partial charge in [0, 0.05) is 13.8 Å². The summed E-state index contributed by atoms with van der Waals surface area (Å²) >= 11 is 4.46. The Morgan fingerprint density at radius 2 is 2.04 bits per heavy atom. The van der Waals surface area contributed by atoms with Crippen LogP contribution in [0.3, 0.4) is 0 Å². The van der Waals surface area contributed by atoms with Crippen LogP contribution in [0.25, 0.3) is 0 Å². The molecular weight excluding hydrogens is 462 g/mol. The number of hydrazone groups is 1. The lowest BCUT2D eigenvalue weighted by atomic mass is 10.2. The standard InChI is InChI=1S/C15H18BrN3O6S2/c1-5-24-12-7-10(6-11(16)13(12)25-27(4,22)23)14-19(9(3)21)18-15(26-14)17-8(2)20/h6-7,14H,5H2,1-4H3,(H,17,18,20). The van der Waals surface area contributed by atoms with E-state index < -0.39 is 15.5 Å². The van der Waals surface area contributed by atoms with Gasteiger partial charge in [-0.05, 0) is 40.5 Å². The van der Waals surface area contributed by atoms with Crippen LogP contribution in [0, 0.1) is 0 Å². The lowest BCUT2D eigenvalue weighted by molar-refractivity contribution is -0.129. The second kappa shape index (κ2) is 8.48. The molecule has 0 bridgehead atoms. The van der Waals surface area contributed by atoms with Crippen molar-refractivity contribution >= 4 is 54.8 Å². The minimum Gasteiger partial charge on any atom is -0.490 e. The quantitative estimate of drug-likeness (QED) is 0.643. The molecule has 148 valence electrons. The fraction of sp³-hybridized carbons (Fsp3) is 0.400. The molecule has 1 unspecified atom stereocenters. The molecule has 2 rings (SSSR count). The van der Waals surface area contributed by atoms with E-state index in [0.29, 0.717) is 10.0 Å². The van der Waals surface area contributed by atoms with Crippen LogP contribution >= 0.6 is 27.7 Å². The number of amides is 2. The summed E-state index contributed by atoms with van der Waals surface area (Å²) in [5.74, 6) is -0.412. The molecule has 1 heterocycles. The second-order valence-electron chi connectivity index (χ2n) is 5.47. The Bertz CT molecular complexity index is 903. The van der Waals surface area contributed by atoms with Gasteiger partial charge in [-0.3, -0.25) is 9.59 Å². The van der Waals surface area contributed by atoms with Crippen molar-refractivity contribution in [2.45, 2.75) is 26.1 Å². The molecule has 27 heavy (non-hydrogen) atoms. The largest absolute Gasteiger partial charge is 0.490 e. The van der Waals surface area contributed by atoms with Crippen molar-refractivity contribution in [1.82, 2.24) is 10.3 Å². The van der Waals surface area contributed by atoms with E-state index in [2.05, 4.69) is 26.3 Å². The van der Waals surface area contributed by atoms with Crippen molar-refractivity contribution in [2.75, 3.05) is 12.9 Å². The second-order valence-corrected chi connectivity index (χ2v) is 8.97. The summed E-state index contributed by atoms with van der Waals surface area (Å²) in [4.78, 5) is 23.2. The first kappa shape index (κ1) is 21.5. The molecule has 0 spiro atoms. The molecule has 1 atom stereocenters. The molecular formula is C15H18BrN3O6S2. The van der Waals surface area contributed by atoms with E-state index in [9.17, 15) is 18.0 Å². The first-order chi connectivity index (χ1) is 12.5. The number of benzene rings is 1. The van der Waals surface area contributed by atoms with Crippen molar-refractivity contribution in [3.63, 3.8) is 0 Å². The summed E-state index contributed by atoms with van der Waals surface area (Å²) in [7, 11) is -3.77. The maximum absolute atomic E-state index is 12.0. The molecule has 2 amide bonds. The SMILES string of the molecule is CCOc1cc(C2SC(NC(C)=O)=NN2C(C)=O)cc(Br)c1OS(C)(=O)=O. The first-order valence-electron chi connectivity index (χ1n) is 7.70. The number of carbonyl (C=O) groups excluding carboxylic acids is 2. The lowest BCUT2D eigenvalue weighted by Crippen LogP contribution is -2.25. The third kappa shape index (κ3) is 5.59. The van der Waals surface area contributed by atoms with Gasteiger partial charge in [-0.1, -0.05) is 11.8 Å². The van der Waals surface area contributed by atoms with Gasteiger partial charge < -0.3 is 14.2 Å². The zero-order chi connectivity index (χ0) is 20.4. The zero-order valence-electron chi connectivity index (χ0n) is 15.0. The number of carbonyl (C=O) groups is 2. The first-order valence-corrected chi connectivity index (χ1v) is 11.2. The normalized spacial score (nSPS) is 16.7. The van der Waals surface area contributed by atoms with Crippen LogP contribution in [0.15, 0.2) is 21.7 Å². The van der Waals surface area contributed by atoms with E-state index in [1.807, 2.05) is 0 Å². The summed E-state index contributed by atoms with van der Waals surface area (Å²) in [5, 5.41) is 7.63. The lowest BCUT2D eigenvalue weighted by Gasteiger charge is -2.21. The highest BCUT2D eigenvalue weighted by Gasteiger charge is 2.33. The van der Waals surface area contributed by atoms with Gasteiger partial charge >= 0.3 is 10.1 Å². The van der Waals surface area contributed by atoms with E-state index in [0.717, 1.165) is 6.26 Å². The Morgan fingerprint density at radius 1 is 1.37 bits per heavy atom. The Balaban J connectivity index is 2.46. The summed E-state index contributed by atoms with van der Waals surface area (Å²) in [5.41, 5.74) is 0.607. The summed E-state index contributed by atoms with van der Waals surface area (Å²) in [6, 6.07) is 3.19. The Hall–Kier alpha value is -1.79. The van der Waals surface area contributed by atoms with Crippen molar-refractivity contribution in [3.8, 4) is 11.5 Å². The average Bonchev–Trinajstić information content (AvgIpc) is 2.93. The van der Waals surface area contributed by atoms with Gasteiger partial charge in [0.25, 0.3) is 0 Å². The molecule has 1 N–H and O–H groups in total. The van der Waals surface area contributed by atoms with Crippen molar-refractivity contribution < 1.29 is 26.9 Å². The van der Waals surface area contributed by atoms with E-state index in [1.165, 1.54) is 30.6 Å². The molecule has 0 radical (unpaired) electrons. The molecule has 12 heteroatoms. The van der Waals surface area contributed by atoms with Gasteiger partial charge in [-0.2, -0.15) is 8.42 Å². The molecule has 1 aromatic rings. The van der Waals surface area contributed by atoms with Gasteiger partial charge in [0.15, 0.2) is 16.7 Å². The number of thioether (sulfide) groups is 1. The molecule has 0 saturated carbocycles. The Labute approximate surface area is 169 Å². The molecule has 9 nitrogen and oxygen atoms in total. The summed E-state index contributed by atoms with van der Waals surface area (Å²) in [6.07, 6.45) is 0.931. The van der Waals surface area contributed by atoms with E-state index in [-0.39, 0.29) is 35.1 Å². The number of halogens is 1. The number of hydrogen-bond donors (Lipinski definition) is 1. The highest BCUT2D eigenvalue weighted by Crippen LogP contribution is 2.45. The molecule has 0 fully saturated rings.